The Morgan fingerprint density at radius 2 is 2.23 bits per heavy atom. The average molecular weight is 309 g/mol. The summed E-state index contributed by atoms with van der Waals surface area (Å²) in [6.07, 6.45) is 9.45. The number of allylic oxidation sites excluding steroid dienone is 1. The molecule has 1 aliphatic heterocycles. The van der Waals surface area contributed by atoms with Gasteiger partial charge in [-0.25, -0.2) is 0 Å². The molecule has 0 radical (unpaired) electrons. The smallest absolute Gasteiger partial charge is 0.193 e. The van der Waals surface area contributed by atoms with E-state index in [1.54, 1.807) is 0 Å². The molecule has 0 amide bonds. The average Bonchev–Trinajstić information content (AvgIpc) is 2.51. The second-order valence-corrected chi connectivity index (χ2v) is 6.58. The molecule has 4 heteroatoms. The van der Waals surface area contributed by atoms with Crippen molar-refractivity contribution in [2.24, 2.45) is 10.9 Å². The van der Waals surface area contributed by atoms with Crippen LogP contribution in [0.15, 0.2) is 17.6 Å². The first-order chi connectivity index (χ1) is 10.7. The summed E-state index contributed by atoms with van der Waals surface area (Å²) in [6, 6.07) is 0. The number of hydrogen-bond donors (Lipinski definition) is 1. The van der Waals surface area contributed by atoms with Crippen LogP contribution in [0.3, 0.4) is 0 Å². The fourth-order valence-corrected chi connectivity index (χ4v) is 3.11. The molecule has 4 nitrogen and oxygen atoms in total. The standard InChI is InChI=1S/C18H36N4/c1-5-6-8-13-21(4)18(19-3)20-12-7-9-14-22-15-10-11-17(2)16-22/h5,17H,1,6-16H2,2-4H3,(H,19,20). The molecule has 0 saturated carbocycles. The van der Waals surface area contributed by atoms with E-state index >= 15 is 0 Å². The molecule has 1 rings (SSSR count). The van der Waals surface area contributed by atoms with Crippen LogP contribution in [-0.2, 0) is 0 Å². The SMILES string of the molecule is C=CCCCN(C)C(=NC)NCCCCN1CCCC(C)C1. The van der Waals surface area contributed by atoms with Gasteiger partial charge in [-0.1, -0.05) is 13.0 Å². The normalized spacial score (nSPS) is 20.0. The molecule has 0 bridgehead atoms. The number of guanidine groups is 1. The Hall–Kier alpha value is -1.03. The van der Waals surface area contributed by atoms with Crippen LogP contribution in [0.5, 0.6) is 0 Å². The lowest BCUT2D eigenvalue weighted by atomic mass is 10.0. The number of hydrogen-bond acceptors (Lipinski definition) is 2. The molecule has 1 heterocycles. The maximum absolute atomic E-state index is 4.36. The van der Waals surface area contributed by atoms with Gasteiger partial charge in [0.2, 0.25) is 0 Å². The summed E-state index contributed by atoms with van der Waals surface area (Å²) in [6.45, 7) is 12.0. The van der Waals surface area contributed by atoms with E-state index in [9.17, 15) is 0 Å². The minimum Gasteiger partial charge on any atom is -0.356 e. The summed E-state index contributed by atoms with van der Waals surface area (Å²) in [5, 5.41) is 3.47. The number of aliphatic imine (C=N–C) groups is 1. The second kappa shape index (κ2) is 11.5. The summed E-state index contributed by atoms with van der Waals surface area (Å²) in [7, 11) is 3.97. The Labute approximate surface area is 137 Å². The highest BCUT2D eigenvalue weighted by Gasteiger charge is 2.15. The number of unbranched alkanes of at least 4 members (excludes halogenated alkanes) is 2. The molecule has 128 valence electrons. The summed E-state index contributed by atoms with van der Waals surface area (Å²) in [5.74, 6) is 1.89. The van der Waals surface area contributed by atoms with E-state index in [4.69, 9.17) is 0 Å². The summed E-state index contributed by atoms with van der Waals surface area (Å²) in [5.41, 5.74) is 0. The van der Waals surface area contributed by atoms with Gasteiger partial charge in [0.1, 0.15) is 0 Å². The zero-order chi connectivity index (χ0) is 16.2. The summed E-state index contributed by atoms with van der Waals surface area (Å²) in [4.78, 5) is 9.19. The van der Waals surface area contributed by atoms with Crippen LogP contribution in [0.25, 0.3) is 0 Å². The molecule has 1 fully saturated rings. The van der Waals surface area contributed by atoms with E-state index in [-0.39, 0.29) is 0 Å². The fourth-order valence-electron chi connectivity index (χ4n) is 3.11. The van der Waals surface area contributed by atoms with Gasteiger partial charge in [-0.3, -0.25) is 4.99 Å². The van der Waals surface area contributed by atoms with E-state index in [1.807, 2.05) is 13.1 Å². The topological polar surface area (TPSA) is 30.9 Å². The third kappa shape index (κ3) is 7.83. The predicted octanol–water partition coefficient (Wildman–Crippen LogP) is 2.97. The second-order valence-electron chi connectivity index (χ2n) is 6.58. The predicted molar refractivity (Wildman–Crippen MR) is 97.5 cm³/mol. The van der Waals surface area contributed by atoms with Gasteiger partial charge in [0.25, 0.3) is 0 Å². The third-order valence-corrected chi connectivity index (χ3v) is 4.40. The Morgan fingerprint density at radius 1 is 1.41 bits per heavy atom. The number of rotatable bonds is 9. The molecule has 0 spiro atoms. The molecule has 0 aromatic carbocycles. The molecule has 1 saturated heterocycles. The molecule has 1 atom stereocenters. The van der Waals surface area contributed by atoms with E-state index in [0.29, 0.717) is 0 Å². The summed E-state index contributed by atoms with van der Waals surface area (Å²) < 4.78 is 0. The van der Waals surface area contributed by atoms with Crippen molar-refractivity contribution in [3.05, 3.63) is 12.7 Å². The van der Waals surface area contributed by atoms with Crippen molar-refractivity contribution in [3.8, 4) is 0 Å². The first kappa shape index (κ1) is 19.0. The van der Waals surface area contributed by atoms with Gasteiger partial charge in [-0.2, -0.15) is 0 Å². The van der Waals surface area contributed by atoms with Crippen molar-refractivity contribution in [2.45, 2.75) is 45.4 Å². The van der Waals surface area contributed by atoms with Crippen molar-refractivity contribution in [1.29, 1.82) is 0 Å². The first-order valence-corrected chi connectivity index (χ1v) is 8.92. The molecular formula is C18H36N4. The van der Waals surface area contributed by atoms with Crippen LogP contribution >= 0.6 is 0 Å². The van der Waals surface area contributed by atoms with Crippen molar-refractivity contribution in [3.63, 3.8) is 0 Å². The molecule has 1 unspecified atom stereocenters. The van der Waals surface area contributed by atoms with Gasteiger partial charge in [0.15, 0.2) is 5.96 Å². The number of piperidine rings is 1. The Morgan fingerprint density at radius 3 is 2.91 bits per heavy atom. The van der Waals surface area contributed by atoms with Gasteiger partial charge < -0.3 is 15.1 Å². The first-order valence-electron chi connectivity index (χ1n) is 8.92. The van der Waals surface area contributed by atoms with Crippen molar-refractivity contribution in [2.75, 3.05) is 46.8 Å². The lowest BCUT2D eigenvalue weighted by Crippen LogP contribution is -2.40. The van der Waals surface area contributed by atoms with Crippen LogP contribution < -0.4 is 5.32 Å². The molecule has 22 heavy (non-hydrogen) atoms. The number of nitrogens with one attached hydrogen (secondary N) is 1. The van der Waals surface area contributed by atoms with Crippen LogP contribution in [0.2, 0.25) is 0 Å². The van der Waals surface area contributed by atoms with Gasteiger partial charge in [-0.15, -0.1) is 6.58 Å². The van der Waals surface area contributed by atoms with Gasteiger partial charge in [0.05, 0.1) is 0 Å². The monoisotopic (exact) mass is 308 g/mol. The zero-order valence-electron chi connectivity index (χ0n) is 15.0. The van der Waals surface area contributed by atoms with E-state index < -0.39 is 0 Å². The van der Waals surface area contributed by atoms with Gasteiger partial charge >= 0.3 is 0 Å². The number of nitrogens with zero attached hydrogens (tertiary/aromatic N) is 3. The van der Waals surface area contributed by atoms with E-state index in [1.165, 1.54) is 45.3 Å². The fraction of sp³-hybridized carbons (Fsp3) is 0.833. The van der Waals surface area contributed by atoms with Crippen molar-refractivity contribution >= 4 is 5.96 Å². The Kier molecular flexibility index (Phi) is 9.96. The van der Waals surface area contributed by atoms with Crippen molar-refractivity contribution in [1.82, 2.24) is 15.1 Å². The molecule has 0 aromatic rings. The van der Waals surface area contributed by atoms with Crippen LogP contribution in [0.1, 0.15) is 45.4 Å². The maximum atomic E-state index is 4.36. The Bertz CT molecular complexity index is 327. The minimum atomic E-state index is 0.884. The molecular weight excluding hydrogens is 272 g/mol. The van der Waals surface area contributed by atoms with Gasteiger partial charge in [-0.05, 0) is 57.5 Å². The quantitative estimate of drug-likeness (QED) is 0.307. The zero-order valence-corrected chi connectivity index (χ0v) is 15.0. The largest absolute Gasteiger partial charge is 0.356 e. The molecule has 1 N–H and O–H groups in total. The lowest BCUT2D eigenvalue weighted by molar-refractivity contribution is 0.181. The summed E-state index contributed by atoms with van der Waals surface area (Å²) >= 11 is 0. The molecule has 0 aliphatic carbocycles. The lowest BCUT2D eigenvalue weighted by Gasteiger charge is -2.30. The third-order valence-electron chi connectivity index (χ3n) is 4.40. The number of likely N-dealkylation sites (tertiary alicyclic amines) is 1. The highest BCUT2D eigenvalue weighted by atomic mass is 15.3. The molecule has 1 aliphatic rings. The Balaban J connectivity index is 2.09. The van der Waals surface area contributed by atoms with Crippen LogP contribution in [0.4, 0.5) is 0 Å². The van der Waals surface area contributed by atoms with Crippen LogP contribution in [-0.4, -0.2) is 62.6 Å². The molecule has 0 aromatic heterocycles. The maximum Gasteiger partial charge on any atom is 0.193 e. The highest BCUT2D eigenvalue weighted by molar-refractivity contribution is 5.79. The minimum absolute atomic E-state index is 0.884. The van der Waals surface area contributed by atoms with E-state index in [0.717, 1.165) is 37.8 Å². The van der Waals surface area contributed by atoms with Crippen LogP contribution in [0, 0.1) is 5.92 Å². The van der Waals surface area contributed by atoms with Crippen molar-refractivity contribution < 1.29 is 0 Å². The highest BCUT2D eigenvalue weighted by Crippen LogP contribution is 2.15. The van der Waals surface area contributed by atoms with E-state index in [2.05, 4.69) is 40.7 Å². The van der Waals surface area contributed by atoms with Gasteiger partial charge in [0, 0.05) is 33.7 Å².